The first-order valence-electron chi connectivity index (χ1n) is 10.8. The topological polar surface area (TPSA) is 96.4 Å². The average molecular weight is 465 g/mol. The van der Waals surface area contributed by atoms with E-state index in [0.29, 0.717) is 12.1 Å². The highest BCUT2D eigenvalue weighted by molar-refractivity contribution is 7.89. The summed E-state index contributed by atoms with van der Waals surface area (Å²) in [6.07, 6.45) is 1.40. The van der Waals surface area contributed by atoms with Crippen molar-refractivity contribution in [2.75, 3.05) is 40.5 Å². The second-order valence-electron chi connectivity index (χ2n) is 8.63. The van der Waals surface area contributed by atoms with Crippen LogP contribution < -0.4 is 4.74 Å². The number of hydrogen-bond donors (Lipinski definition) is 1. The molecule has 9 heteroatoms. The van der Waals surface area contributed by atoms with E-state index in [1.807, 2.05) is 6.92 Å². The third-order valence-electron chi connectivity index (χ3n) is 5.87. The van der Waals surface area contributed by atoms with E-state index in [-0.39, 0.29) is 48.1 Å². The summed E-state index contributed by atoms with van der Waals surface area (Å²) in [4.78, 5) is 14.2. The lowest BCUT2D eigenvalue weighted by Gasteiger charge is -2.37. The van der Waals surface area contributed by atoms with E-state index in [1.165, 1.54) is 10.4 Å². The molecule has 1 N–H and O–H groups in total. The van der Waals surface area contributed by atoms with Crippen LogP contribution in [0.1, 0.15) is 32.3 Å². The Bertz CT molecular complexity index is 995. The molecule has 0 saturated heterocycles. The summed E-state index contributed by atoms with van der Waals surface area (Å²) in [7, 11) is -0.599. The number of nitrogens with zero attached hydrogens (tertiary/aromatic N) is 2. The lowest BCUT2D eigenvalue weighted by Crippen LogP contribution is -2.50. The number of ether oxygens (including phenoxy) is 2. The third kappa shape index (κ3) is 5.44. The fourth-order valence-corrected chi connectivity index (χ4v) is 5.56. The number of methoxy groups -OCH3 is 1. The Morgan fingerprint density at radius 1 is 1.41 bits per heavy atom. The molecular weight excluding hydrogens is 432 g/mol. The Morgan fingerprint density at radius 3 is 2.75 bits per heavy atom. The SMILES string of the molecule is COCC#Cc1ccc2c(c1)O[C@@H](CN(C)C(=O)C1CC1)[C@@H](C)CN([C@@H](C)CO)S2(=O)=O. The molecule has 2 aliphatic rings. The van der Waals surface area contributed by atoms with Crippen LogP contribution in [-0.2, 0) is 19.6 Å². The summed E-state index contributed by atoms with van der Waals surface area (Å²) >= 11 is 0. The van der Waals surface area contributed by atoms with Crippen LogP contribution in [0.2, 0.25) is 0 Å². The van der Waals surface area contributed by atoms with Crippen LogP contribution >= 0.6 is 0 Å². The number of fused-ring (bicyclic) bond motifs is 1. The number of sulfonamides is 1. The smallest absolute Gasteiger partial charge is 0.247 e. The Labute approximate surface area is 190 Å². The Kier molecular flexibility index (Phi) is 7.83. The number of likely N-dealkylation sites (N-methyl/N-ethyl adjacent to an activating group) is 1. The van der Waals surface area contributed by atoms with Gasteiger partial charge in [0.1, 0.15) is 23.4 Å². The van der Waals surface area contributed by atoms with Crippen LogP contribution in [-0.4, -0.2) is 81.2 Å². The fourth-order valence-electron chi connectivity index (χ4n) is 3.73. The van der Waals surface area contributed by atoms with Gasteiger partial charge in [0.2, 0.25) is 15.9 Å². The summed E-state index contributed by atoms with van der Waals surface area (Å²) in [6.45, 7) is 4.06. The van der Waals surface area contributed by atoms with Crippen molar-refractivity contribution in [3.63, 3.8) is 0 Å². The number of hydrogen-bond acceptors (Lipinski definition) is 6. The van der Waals surface area contributed by atoms with E-state index in [2.05, 4.69) is 11.8 Å². The number of rotatable bonds is 6. The molecule has 8 nitrogen and oxygen atoms in total. The van der Waals surface area contributed by atoms with Crippen molar-refractivity contribution in [1.82, 2.24) is 9.21 Å². The predicted molar refractivity (Wildman–Crippen MR) is 120 cm³/mol. The Morgan fingerprint density at radius 2 is 2.12 bits per heavy atom. The molecule has 1 aromatic carbocycles. The zero-order chi connectivity index (χ0) is 23.5. The van der Waals surface area contributed by atoms with Crippen molar-refractivity contribution in [3.8, 4) is 17.6 Å². The molecule has 1 heterocycles. The zero-order valence-corrected chi connectivity index (χ0v) is 19.9. The maximum Gasteiger partial charge on any atom is 0.247 e. The normalized spacial score (nSPS) is 23.5. The number of aliphatic hydroxyl groups is 1. The van der Waals surface area contributed by atoms with Crippen molar-refractivity contribution in [3.05, 3.63) is 23.8 Å². The van der Waals surface area contributed by atoms with Crippen LogP contribution in [0.5, 0.6) is 5.75 Å². The van der Waals surface area contributed by atoms with Gasteiger partial charge in [-0.05, 0) is 38.0 Å². The summed E-state index contributed by atoms with van der Waals surface area (Å²) in [6, 6.07) is 4.14. The van der Waals surface area contributed by atoms with Crippen LogP contribution in [0.4, 0.5) is 0 Å². The summed E-state index contributed by atoms with van der Waals surface area (Å²) in [5.41, 5.74) is 0.604. The monoisotopic (exact) mass is 464 g/mol. The third-order valence-corrected chi connectivity index (χ3v) is 7.89. The first kappa shape index (κ1) is 24.5. The van der Waals surface area contributed by atoms with E-state index >= 15 is 0 Å². The van der Waals surface area contributed by atoms with E-state index in [4.69, 9.17) is 9.47 Å². The molecule has 176 valence electrons. The van der Waals surface area contributed by atoms with Crippen molar-refractivity contribution in [2.24, 2.45) is 11.8 Å². The number of amides is 1. The largest absolute Gasteiger partial charge is 0.487 e. The van der Waals surface area contributed by atoms with E-state index in [9.17, 15) is 18.3 Å². The molecule has 0 bridgehead atoms. The minimum atomic E-state index is -3.91. The maximum atomic E-state index is 13.4. The van der Waals surface area contributed by atoms with Gasteiger partial charge in [0, 0.05) is 44.1 Å². The maximum absolute atomic E-state index is 13.4. The van der Waals surface area contributed by atoms with Gasteiger partial charge in [0.25, 0.3) is 0 Å². The molecular formula is C23H32N2O6S. The van der Waals surface area contributed by atoms with E-state index in [1.54, 1.807) is 38.1 Å². The summed E-state index contributed by atoms with van der Waals surface area (Å²) < 4.78 is 39.4. The highest BCUT2D eigenvalue weighted by Gasteiger charge is 2.39. The van der Waals surface area contributed by atoms with Gasteiger partial charge in [0.15, 0.2) is 0 Å². The number of carbonyl (C=O) groups excluding carboxylic acids is 1. The van der Waals surface area contributed by atoms with Gasteiger partial charge >= 0.3 is 0 Å². The molecule has 0 spiro atoms. The lowest BCUT2D eigenvalue weighted by atomic mass is 10.0. The molecule has 1 saturated carbocycles. The van der Waals surface area contributed by atoms with Crippen LogP contribution in [0, 0.1) is 23.7 Å². The molecule has 1 aromatic rings. The molecule has 32 heavy (non-hydrogen) atoms. The van der Waals surface area contributed by atoms with Gasteiger partial charge in [-0.1, -0.05) is 18.8 Å². The highest BCUT2D eigenvalue weighted by atomic mass is 32.2. The van der Waals surface area contributed by atoms with Crippen molar-refractivity contribution >= 4 is 15.9 Å². The van der Waals surface area contributed by atoms with E-state index < -0.39 is 22.2 Å². The van der Waals surface area contributed by atoms with Gasteiger partial charge in [-0.3, -0.25) is 4.79 Å². The van der Waals surface area contributed by atoms with Crippen molar-refractivity contribution < 1.29 is 27.8 Å². The van der Waals surface area contributed by atoms with Crippen LogP contribution in [0.3, 0.4) is 0 Å². The highest BCUT2D eigenvalue weighted by Crippen LogP contribution is 2.35. The molecule has 0 radical (unpaired) electrons. The predicted octanol–water partition coefficient (Wildman–Crippen LogP) is 1.32. The molecule has 1 amide bonds. The number of benzene rings is 1. The first-order valence-corrected chi connectivity index (χ1v) is 12.3. The second-order valence-corrected chi connectivity index (χ2v) is 10.5. The van der Waals surface area contributed by atoms with E-state index in [0.717, 1.165) is 12.8 Å². The van der Waals surface area contributed by atoms with Crippen molar-refractivity contribution in [1.29, 1.82) is 0 Å². The molecule has 3 atom stereocenters. The minimum absolute atomic E-state index is 0.0307. The Hall–Kier alpha value is -2.12. The van der Waals surface area contributed by atoms with Crippen LogP contribution in [0.15, 0.2) is 23.1 Å². The molecule has 1 aliphatic carbocycles. The summed E-state index contributed by atoms with van der Waals surface area (Å²) in [5.74, 6) is 5.97. The average Bonchev–Trinajstić information content (AvgIpc) is 3.60. The Balaban J connectivity index is 2.01. The zero-order valence-electron chi connectivity index (χ0n) is 19.1. The van der Waals surface area contributed by atoms with Gasteiger partial charge in [0.05, 0.1) is 13.2 Å². The van der Waals surface area contributed by atoms with Gasteiger partial charge in [-0.2, -0.15) is 4.31 Å². The molecule has 1 aliphatic heterocycles. The van der Waals surface area contributed by atoms with Crippen LogP contribution in [0.25, 0.3) is 0 Å². The van der Waals surface area contributed by atoms with Gasteiger partial charge in [-0.15, -0.1) is 0 Å². The molecule has 1 fully saturated rings. The molecule has 0 unspecified atom stereocenters. The molecule has 3 rings (SSSR count). The lowest BCUT2D eigenvalue weighted by molar-refractivity contribution is -0.132. The number of aliphatic hydroxyl groups excluding tert-OH is 1. The van der Waals surface area contributed by atoms with Crippen molar-refractivity contribution in [2.45, 2.75) is 43.7 Å². The summed E-state index contributed by atoms with van der Waals surface area (Å²) in [5, 5.41) is 9.71. The quantitative estimate of drug-likeness (QED) is 0.638. The standard InChI is InChI=1S/C23H32N2O6S/c1-16-13-25(17(2)15-26)32(28,29)22-10-7-18(6-5-11-30-4)12-20(22)31-21(16)14-24(3)23(27)19-8-9-19/h7,10,12,16-17,19,21,26H,8-9,11,13-15H2,1-4H3/t16-,17-,21-/m0/s1. The first-order chi connectivity index (χ1) is 15.2. The second kappa shape index (κ2) is 10.2. The van der Waals surface area contributed by atoms with Gasteiger partial charge in [-0.25, -0.2) is 8.42 Å². The van der Waals surface area contributed by atoms with Gasteiger partial charge < -0.3 is 19.5 Å². The minimum Gasteiger partial charge on any atom is -0.487 e. The number of carbonyl (C=O) groups is 1. The fraction of sp³-hybridized carbons (Fsp3) is 0.609. The molecule has 0 aromatic heterocycles.